The van der Waals surface area contributed by atoms with E-state index in [9.17, 15) is 8.42 Å². The monoisotopic (exact) mass is 295 g/mol. The summed E-state index contributed by atoms with van der Waals surface area (Å²) in [6.45, 7) is 0.794. The van der Waals surface area contributed by atoms with Crippen LogP contribution in [0.3, 0.4) is 0 Å². The van der Waals surface area contributed by atoms with Crippen LogP contribution < -0.4 is 5.73 Å². The van der Waals surface area contributed by atoms with E-state index in [-0.39, 0.29) is 11.3 Å². The van der Waals surface area contributed by atoms with Crippen LogP contribution in [-0.2, 0) is 10.0 Å². The van der Waals surface area contributed by atoms with Crippen LogP contribution in [-0.4, -0.2) is 36.8 Å². The molecule has 1 atom stereocenters. The van der Waals surface area contributed by atoms with E-state index in [1.54, 1.807) is 24.3 Å². The summed E-state index contributed by atoms with van der Waals surface area (Å²) in [4.78, 5) is 4.09. The predicted octanol–water partition coefficient (Wildman–Crippen LogP) is 1.33. The van der Waals surface area contributed by atoms with Crippen LogP contribution in [0.5, 0.6) is 0 Å². The van der Waals surface area contributed by atoms with Crippen LogP contribution in [0.15, 0.2) is 33.9 Å². The van der Waals surface area contributed by atoms with Crippen molar-refractivity contribution < 1.29 is 12.8 Å². The Kier molecular flexibility index (Phi) is 3.49. The van der Waals surface area contributed by atoms with E-state index in [2.05, 4.69) is 4.98 Å². The minimum Gasteiger partial charge on any atom is -0.427 e. The van der Waals surface area contributed by atoms with Crippen LogP contribution in [0.1, 0.15) is 19.3 Å². The SMILES string of the molecule is NC[C@H]1CCCCN1S(=O)(=O)c1nc2ccccc2o1. The summed E-state index contributed by atoms with van der Waals surface area (Å²) in [6, 6.07) is 6.86. The van der Waals surface area contributed by atoms with Gasteiger partial charge in [-0.15, -0.1) is 0 Å². The molecule has 0 amide bonds. The van der Waals surface area contributed by atoms with Crippen molar-refractivity contribution in [2.75, 3.05) is 13.1 Å². The van der Waals surface area contributed by atoms with Crippen molar-refractivity contribution in [2.24, 2.45) is 5.73 Å². The highest BCUT2D eigenvalue weighted by Crippen LogP contribution is 2.26. The Morgan fingerprint density at radius 1 is 1.35 bits per heavy atom. The molecule has 1 aliphatic rings. The van der Waals surface area contributed by atoms with E-state index >= 15 is 0 Å². The zero-order valence-electron chi connectivity index (χ0n) is 11.0. The minimum absolute atomic E-state index is 0.163. The van der Waals surface area contributed by atoms with Crippen molar-refractivity contribution in [3.05, 3.63) is 24.3 Å². The van der Waals surface area contributed by atoms with Gasteiger partial charge in [-0.25, -0.2) is 8.42 Å². The summed E-state index contributed by atoms with van der Waals surface area (Å²) in [5.41, 5.74) is 6.71. The molecule has 1 aromatic carbocycles. The number of para-hydroxylation sites is 2. The quantitative estimate of drug-likeness (QED) is 0.922. The molecule has 1 aromatic heterocycles. The molecule has 0 aliphatic carbocycles. The first kappa shape index (κ1) is 13.5. The zero-order valence-corrected chi connectivity index (χ0v) is 11.8. The fourth-order valence-corrected chi connectivity index (χ4v) is 4.15. The zero-order chi connectivity index (χ0) is 14.2. The smallest absolute Gasteiger partial charge is 0.332 e. The first-order valence-corrected chi connectivity index (χ1v) is 8.14. The number of sulfonamides is 1. The number of fused-ring (bicyclic) bond motifs is 1. The number of aromatic nitrogens is 1. The van der Waals surface area contributed by atoms with E-state index in [4.69, 9.17) is 10.2 Å². The lowest BCUT2D eigenvalue weighted by Crippen LogP contribution is -2.47. The standard InChI is InChI=1S/C13H17N3O3S/c14-9-10-5-3-4-8-16(10)20(17,18)13-15-11-6-1-2-7-12(11)19-13/h1-2,6-7,10H,3-5,8-9,14H2/t10-/m1/s1. The third-order valence-corrected chi connectivity index (χ3v) is 5.36. The van der Waals surface area contributed by atoms with Crippen LogP contribution >= 0.6 is 0 Å². The number of hydrogen-bond donors (Lipinski definition) is 1. The number of piperidine rings is 1. The van der Waals surface area contributed by atoms with E-state index in [1.807, 2.05) is 0 Å². The molecule has 20 heavy (non-hydrogen) atoms. The lowest BCUT2D eigenvalue weighted by Gasteiger charge is -2.32. The third kappa shape index (κ3) is 2.21. The van der Waals surface area contributed by atoms with Gasteiger partial charge >= 0.3 is 5.22 Å². The van der Waals surface area contributed by atoms with Crippen LogP contribution in [0.2, 0.25) is 0 Å². The number of hydrogen-bond acceptors (Lipinski definition) is 5. The van der Waals surface area contributed by atoms with E-state index in [0.29, 0.717) is 24.2 Å². The second kappa shape index (κ2) is 5.16. The van der Waals surface area contributed by atoms with Gasteiger partial charge in [0, 0.05) is 19.1 Å². The van der Waals surface area contributed by atoms with Crippen LogP contribution in [0.4, 0.5) is 0 Å². The van der Waals surface area contributed by atoms with Crippen molar-refractivity contribution in [2.45, 2.75) is 30.5 Å². The molecule has 0 spiro atoms. The minimum atomic E-state index is -3.71. The average Bonchev–Trinajstić information content (AvgIpc) is 2.92. The molecule has 2 N–H and O–H groups in total. The molecular weight excluding hydrogens is 278 g/mol. The summed E-state index contributed by atoms with van der Waals surface area (Å²) < 4.78 is 32.1. The number of benzene rings is 1. The fraction of sp³-hybridized carbons (Fsp3) is 0.462. The molecule has 2 heterocycles. The highest BCUT2D eigenvalue weighted by molar-refractivity contribution is 7.88. The maximum absolute atomic E-state index is 12.6. The fourth-order valence-electron chi connectivity index (χ4n) is 2.59. The summed E-state index contributed by atoms with van der Waals surface area (Å²) in [6.07, 6.45) is 2.63. The molecule has 0 radical (unpaired) electrons. The van der Waals surface area contributed by atoms with Gasteiger partial charge in [0.1, 0.15) is 5.52 Å². The summed E-state index contributed by atoms with van der Waals surface area (Å²) in [5.74, 6) is 0. The molecule has 7 heteroatoms. The highest BCUT2D eigenvalue weighted by Gasteiger charge is 2.36. The number of rotatable bonds is 3. The lowest BCUT2D eigenvalue weighted by molar-refractivity contribution is 0.250. The molecule has 0 bridgehead atoms. The molecule has 0 saturated carbocycles. The van der Waals surface area contributed by atoms with Gasteiger partial charge in [-0.3, -0.25) is 0 Å². The Hall–Kier alpha value is -1.44. The van der Waals surface area contributed by atoms with Gasteiger partial charge in [-0.1, -0.05) is 18.6 Å². The number of nitrogens with two attached hydrogens (primary N) is 1. The van der Waals surface area contributed by atoms with Gasteiger partial charge in [0.15, 0.2) is 5.58 Å². The molecule has 6 nitrogen and oxygen atoms in total. The first-order valence-electron chi connectivity index (χ1n) is 6.70. The van der Waals surface area contributed by atoms with E-state index in [1.165, 1.54) is 4.31 Å². The molecule has 108 valence electrons. The summed E-state index contributed by atoms with van der Waals surface area (Å²) in [7, 11) is -3.71. The summed E-state index contributed by atoms with van der Waals surface area (Å²) in [5, 5.41) is -0.237. The Labute approximate surface area is 117 Å². The normalized spacial score (nSPS) is 21.4. The molecule has 1 saturated heterocycles. The van der Waals surface area contributed by atoms with Gasteiger partial charge in [-0.2, -0.15) is 9.29 Å². The van der Waals surface area contributed by atoms with E-state index < -0.39 is 10.0 Å². The molecule has 0 unspecified atom stereocenters. The van der Waals surface area contributed by atoms with Crippen molar-refractivity contribution >= 4 is 21.1 Å². The molecule has 1 fully saturated rings. The molecular formula is C13H17N3O3S. The predicted molar refractivity (Wildman–Crippen MR) is 74.6 cm³/mol. The Bertz CT molecular complexity index is 677. The van der Waals surface area contributed by atoms with Crippen molar-refractivity contribution in [1.82, 2.24) is 9.29 Å². The third-order valence-electron chi connectivity index (χ3n) is 3.65. The first-order chi connectivity index (χ1) is 9.63. The maximum Gasteiger partial charge on any atom is 0.332 e. The van der Waals surface area contributed by atoms with Gasteiger partial charge in [0.2, 0.25) is 0 Å². The van der Waals surface area contributed by atoms with Gasteiger partial charge < -0.3 is 10.2 Å². The average molecular weight is 295 g/mol. The van der Waals surface area contributed by atoms with Crippen molar-refractivity contribution in [3.8, 4) is 0 Å². The largest absolute Gasteiger partial charge is 0.427 e. The van der Waals surface area contributed by atoms with Crippen LogP contribution in [0.25, 0.3) is 11.1 Å². The van der Waals surface area contributed by atoms with E-state index in [0.717, 1.165) is 19.3 Å². The van der Waals surface area contributed by atoms with Crippen LogP contribution in [0, 0.1) is 0 Å². The van der Waals surface area contributed by atoms with Crippen molar-refractivity contribution in [1.29, 1.82) is 0 Å². The second-order valence-electron chi connectivity index (χ2n) is 4.95. The van der Waals surface area contributed by atoms with Gasteiger partial charge in [0.25, 0.3) is 10.0 Å². The molecule has 3 rings (SSSR count). The topological polar surface area (TPSA) is 89.4 Å². The molecule has 2 aromatic rings. The van der Waals surface area contributed by atoms with Gasteiger partial charge in [-0.05, 0) is 25.0 Å². The van der Waals surface area contributed by atoms with Crippen molar-refractivity contribution in [3.63, 3.8) is 0 Å². The Balaban J connectivity index is 2.01. The number of oxazole rings is 1. The highest BCUT2D eigenvalue weighted by atomic mass is 32.2. The molecule has 1 aliphatic heterocycles. The number of nitrogens with zero attached hydrogens (tertiary/aromatic N) is 2. The maximum atomic E-state index is 12.6. The Morgan fingerprint density at radius 2 is 2.15 bits per heavy atom. The van der Waals surface area contributed by atoms with Gasteiger partial charge in [0.05, 0.1) is 0 Å². The lowest BCUT2D eigenvalue weighted by atomic mass is 10.1. The summed E-state index contributed by atoms with van der Waals surface area (Å²) >= 11 is 0. The Morgan fingerprint density at radius 3 is 2.90 bits per heavy atom. The second-order valence-corrected chi connectivity index (χ2v) is 6.72.